The van der Waals surface area contributed by atoms with Crippen molar-refractivity contribution in [3.8, 4) is 0 Å². The molecule has 3 N–H and O–H groups in total. The van der Waals surface area contributed by atoms with Gasteiger partial charge in [-0.3, -0.25) is 5.10 Å². The third kappa shape index (κ3) is 1.96. The molecule has 0 aromatic carbocycles. The Labute approximate surface area is 83.7 Å². The first-order valence-corrected chi connectivity index (χ1v) is 5.06. The Morgan fingerprint density at radius 2 is 2.43 bits per heavy atom. The Balaban J connectivity index is 1.76. The minimum absolute atomic E-state index is 0.192. The molecule has 0 saturated heterocycles. The summed E-state index contributed by atoms with van der Waals surface area (Å²) in [6.45, 7) is 4.07. The molecule has 1 aromatic rings. The number of nitrogens with zero attached hydrogens (tertiary/aromatic N) is 1. The van der Waals surface area contributed by atoms with Gasteiger partial charge in [-0.1, -0.05) is 0 Å². The minimum atomic E-state index is 0.192. The lowest BCUT2D eigenvalue weighted by atomic mass is 10.1. The average molecular weight is 195 g/mol. The predicted molar refractivity (Wildman–Crippen MR) is 53.8 cm³/mol. The highest BCUT2D eigenvalue weighted by molar-refractivity contribution is 5.13. The highest BCUT2D eigenvalue weighted by Gasteiger charge is 2.41. The number of hydrogen-bond acceptors (Lipinski definition) is 3. The van der Waals surface area contributed by atoms with Crippen molar-refractivity contribution < 1.29 is 5.11 Å². The molecule has 0 unspecified atom stereocenters. The Morgan fingerprint density at radius 1 is 1.64 bits per heavy atom. The molecule has 78 valence electrons. The van der Waals surface area contributed by atoms with E-state index >= 15 is 0 Å². The molecule has 0 aliphatic heterocycles. The first-order chi connectivity index (χ1) is 6.76. The Kier molecular flexibility index (Phi) is 2.56. The number of aromatic nitrogens is 2. The van der Waals surface area contributed by atoms with Gasteiger partial charge in [-0.25, -0.2) is 0 Å². The van der Waals surface area contributed by atoms with Gasteiger partial charge >= 0.3 is 0 Å². The van der Waals surface area contributed by atoms with Crippen LogP contribution in [-0.2, 0) is 6.54 Å². The van der Waals surface area contributed by atoms with Crippen molar-refractivity contribution in [1.29, 1.82) is 0 Å². The second kappa shape index (κ2) is 3.71. The van der Waals surface area contributed by atoms with Gasteiger partial charge in [-0.05, 0) is 19.8 Å². The lowest BCUT2D eigenvalue weighted by Gasteiger charge is -2.12. The summed E-state index contributed by atoms with van der Waals surface area (Å²) in [5.41, 5.74) is 2.52. The van der Waals surface area contributed by atoms with Crippen LogP contribution < -0.4 is 5.32 Å². The van der Waals surface area contributed by atoms with Gasteiger partial charge in [-0.15, -0.1) is 0 Å². The van der Waals surface area contributed by atoms with Crippen molar-refractivity contribution in [1.82, 2.24) is 15.5 Å². The van der Waals surface area contributed by atoms with E-state index in [0.717, 1.165) is 31.6 Å². The van der Waals surface area contributed by atoms with Crippen LogP contribution >= 0.6 is 0 Å². The van der Waals surface area contributed by atoms with Crippen LogP contribution in [0.15, 0.2) is 6.20 Å². The summed E-state index contributed by atoms with van der Waals surface area (Å²) >= 11 is 0. The van der Waals surface area contributed by atoms with E-state index in [1.807, 2.05) is 13.1 Å². The van der Waals surface area contributed by atoms with Crippen LogP contribution in [0.25, 0.3) is 0 Å². The number of aromatic amines is 1. The number of aryl methyl sites for hydroxylation is 1. The maximum Gasteiger partial charge on any atom is 0.0535 e. The van der Waals surface area contributed by atoms with E-state index in [2.05, 4.69) is 15.5 Å². The maximum atomic E-state index is 9.11. The number of aliphatic hydroxyl groups excluding tert-OH is 1. The summed E-state index contributed by atoms with van der Waals surface area (Å²) in [5, 5.41) is 19.3. The molecule has 0 bridgehead atoms. The van der Waals surface area contributed by atoms with Crippen molar-refractivity contribution in [2.75, 3.05) is 13.2 Å². The summed E-state index contributed by atoms with van der Waals surface area (Å²) < 4.78 is 0. The molecule has 14 heavy (non-hydrogen) atoms. The highest BCUT2D eigenvalue weighted by atomic mass is 16.3. The molecule has 4 nitrogen and oxygen atoms in total. The zero-order valence-corrected chi connectivity index (χ0v) is 8.51. The zero-order chi connectivity index (χ0) is 10.0. The molecule has 0 spiro atoms. The largest absolute Gasteiger partial charge is 0.396 e. The summed E-state index contributed by atoms with van der Waals surface area (Å²) in [5.74, 6) is 0. The van der Waals surface area contributed by atoms with Crippen molar-refractivity contribution in [2.24, 2.45) is 5.41 Å². The smallest absolute Gasteiger partial charge is 0.0535 e. The van der Waals surface area contributed by atoms with Gasteiger partial charge in [0, 0.05) is 36.4 Å². The lowest BCUT2D eigenvalue weighted by Crippen LogP contribution is -2.26. The van der Waals surface area contributed by atoms with E-state index in [1.165, 1.54) is 5.56 Å². The minimum Gasteiger partial charge on any atom is -0.396 e. The van der Waals surface area contributed by atoms with Crippen molar-refractivity contribution in [2.45, 2.75) is 26.3 Å². The summed E-state index contributed by atoms with van der Waals surface area (Å²) in [6, 6.07) is 0. The summed E-state index contributed by atoms with van der Waals surface area (Å²) in [7, 11) is 0. The SMILES string of the molecule is Cc1[nH]ncc1CNCC1(CO)CC1. The van der Waals surface area contributed by atoms with Crippen LogP contribution in [0.4, 0.5) is 0 Å². The molecule has 1 heterocycles. The van der Waals surface area contributed by atoms with Gasteiger partial charge in [0.25, 0.3) is 0 Å². The molecule has 0 atom stereocenters. The molecule has 1 saturated carbocycles. The fourth-order valence-electron chi connectivity index (χ4n) is 1.58. The normalized spacial score (nSPS) is 18.4. The van der Waals surface area contributed by atoms with Gasteiger partial charge in [0.15, 0.2) is 0 Å². The molecule has 2 rings (SSSR count). The maximum absolute atomic E-state index is 9.11. The molecule has 1 aliphatic carbocycles. The van der Waals surface area contributed by atoms with E-state index in [9.17, 15) is 0 Å². The Hall–Kier alpha value is -0.870. The average Bonchev–Trinajstić information content (AvgIpc) is 2.86. The van der Waals surface area contributed by atoms with E-state index in [-0.39, 0.29) is 5.41 Å². The van der Waals surface area contributed by atoms with Gasteiger partial charge in [0.2, 0.25) is 0 Å². The Morgan fingerprint density at radius 3 is 2.93 bits per heavy atom. The fourth-order valence-corrected chi connectivity index (χ4v) is 1.58. The van der Waals surface area contributed by atoms with Crippen molar-refractivity contribution in [3.63, 3.8) is 0 Å². The van der Waals surface area contributed by atoms with Crippen LogP contribution in [0.3, 0.4) is 0 Å². The fraction of sp³-hybridized carbons (Fsp3) is 0.700. The number of nitrogens with one attached hydrogen (secondary N) is 2. The van der Waals surface area contributed by atoms with Crippen LogP contribution in [0.2, 0.25) is 0 Å². The van der Waals surface area contributed by atoms with E-state index in [0.29, 0.717) is 6.61 Å². The number of H-pyrrole nitrogens is 1. The van der Waals surface area contributed by atoms with Crippen LogP contribution in [0, 0.1) is 12.3 Å². The number of aliphatic hydroxyl groups is 1. The topological polar surface area (TPSA) is 60.9 Å². The lowest BCUT2D eigenvalue weighted by molar-refractivity contribution is 0.207. The summed E-state index contributed by atoms with van der Waals surface area (Å²) in [6.07, 6.45) is 4.16. The third-order valence-corrected chi connectivity index (χ3v) is 3.04. The first-order valence-electron chi connectivity index (χ1n) is 5.06. The van der Waals surface area contributed by atoms with E-state index < -0.39 is 0 Å². The van der Waals surface area contributed by atoms with Crippen molar-refractivity contribution in [3.05, 3.63) is 17.5 Å². The number of hydrogen-bond donors (Lipinski definition) is 3. The quantitative estimate of drug-likeness (QED) is 0.644. The van der Waals surface area contributed by atoms with Gasteiger partial charge in [0.1, 0.15) is 0 Å². The van der Waals surface area contributed by atoms with Gasteiger partial charge in [-0.2, -0.15) is 5.10 Å². The molecule has 4 heteroatoms. The third-order valence-electron chi connectivity index (χ3n) is 3.04. The van der Waals surface area contributed by atoms with Crippen molar-refractivity contribution >= 4 is 0 Å². The summed E-state index contributed by atoms with van der Waals surface area (Å²) in [4.78, 5) is 0. The molecular weight excluding hydrogens is 178 g/mol. The molecule has 1 aromatic heterocycles. The van der Waals surface area contributed by atoms with Gasteiger partial charge < -0.3 is 10.4 Å². The van der Waals surface area contributed by atoms with Crippen LogP contribution in [0.1, 0.15) is 24.1 Å². The Bertz CT molecular complexity index is 304. The molecular formula is C10H17N3O. The monoisotopic (exact) mass is 195 g/mol. The highest BCUT2D eigenvalue weighted by Crippen LogP contribution is 2.44. The van der Waals surface area contributed by atoms with Crippen LogP contribution in [0.5, 0.6) is 0 Å². The second-order valence-corrected chi connectivity index (χ2v) is 4.28. The molecule has 1 fully saturated rings. The van der Waals surface area contributed by atoms with Crippen LogP contribution in [-0.4, -0.2) is 28.5 Å². The molecule has 0 radical (unpaired) electrons. The van der Waals surface area contributed by atoms with E-state index in [1.54, 1.807) is 0 Å². The molecule has 0 amide bonds. The van der Waals surface area contributed by atoms with Gasteiger partial charge in [0.05, 0.1) is 6.20 Å². The predicted octanol–water partition coefficient (Wildman–Crippen LogP) is 0.580. The second-order valence-electron chi connectivity index (χ2n) is 4.28. The van der Waals surface area contributed by atoms with E-state index in [4.69, 9.17) is 5.11 Å². The zero-order valence-electron chi connectivity index (χ0n) is 8.51. The first kappa shape index (κ1) is 9.68. The standard InChI is InChI=1S/C10H17N3O/c1-8-9(5-12-13-8)4-11-6-10(7-14)2-3-10/h5,11,14H,2-4,6-7H2,1H3,(H,12,13). The molecule has 1 aliphatic rings. The number of rotatable bonds is 5.